The smallest absolute Gasteiger partial charge is 0.0541 e. The third-order valence-electron chi connectivity index (χ3n) is 10.7. The van der Waals surface area contributed by atoms with Gasteiger partial charge in [-0.3, -0.25) is 0 Å². The second-order valence-corrected chi connectivity index (χ2v) is 14.4. The number of hydrogen-bond donors (Lipinski definition) is 0. The van der Waals surface area contributed by atoms with Gasteiger partial charge in [0.1, 0.15) is 0 Å². The number of rotatable bonds is 3. The fraction of sp³-hybridized carbons (Fsp3) is 0. The molecule has 2 aromatic heterocycles. The number of nitrogens with zero attached hydrogens (tertiary/aromatic N) is 2. The number of halogens is 1. The lowest BCUT2D eigenvalue weighted by atomic mass is 9.94. The molecule has 11 rings (SSSR count). The van der Waals surface area contributed by atoms with Crippen LogP contribution in [0.1, 0.15) is 0 Å². The summed E-state index contributed by atoms with van der Waals surface area (Å²) in [5.41, 5.74) is 9.56. The molecule has 0 saturated heterocycles. The Morgan fingerprint density at radius 1 is 0.275 bits per heavy atom. The summed E-state index contributed by atoms with van der Waals surface area (Å²) in [6.45, 7) is 0. The molecule has 3 heteroatoms. The van der Waals surface area contributed by atoms with E-state index in [1.54, 1.807) is 0 Å². The minimum absolute atomic E-state index is 1.08. The molecule has 0 saturated carbocycles. The number of fused-ring (bicyclic) bond motifs is 12. The SMILES string of the molecule is Brc1ccc2c(c1)c1cc(-c3ccc4c(c3)c3ccccc3n4-c3ccc4c5ccccc5c5ccccc5c4c3)ccc1n2-c1ccccc1. The zero-order chi connectivity index (χ0) is 33.6. The molecule has 0 atom stereocenters. The third-order valence-corrected chi connectivity index (χ3v) is 11.2. The maximum Gasteiger partial charge on any atom is 0.0541 e. The molecule has 0 aliphatic heterocycles. The third kappa shape index (κ3) is 4.22. The summed E-state index contributed by atoms with van der Waals surface area (Å²) in [7, 11) is 0. The van der Waals surface area contributed by atoms with Crippen molar-refractivity contribution in [1.29, 1.82) is 0 Å². The quantitative estimate of drug-likeness (QED) is 0.161. The van der Waals surface area contributed by atoms with E-state index < -0.39 is 0 Å². The van der Waals surface area contributed by atoms with Crippen molar-refractivity contribution in [3.63, 3.8) is 0 Å². The first kappa shape index (κ1) is 28.7. The van der Waals surface area contributed by atoms with Crippen LogP contribution in [0.2, 0.25) is 0 Å². The zero-order valence-corrected chi connectivity index (χ0v) is 29.1. The molecule has 2 heterocycles. The first-order valence-corrected chi connectivity index (χ1v) is 18.2. The largest absolute Gasteiger partial charge is 0.309 e. The van der Waals surface area contributed by atoms with Gasteiger partial charge in [-0.15, -0.1) is 0 Å². The molecule has 0 radical (unpaired) electrons. The zero-order valence-electron chi connectivity index (χ0n) is 27.5. The van der Waals surface area contributed by atoms with E-state index in [0.29, 0.717) is 0 Å². The van der Waals surface area contributed by atoms with Crippen LogP contribution in [-0.2, 0) is 0 Å². The van der Waals surface area contributed by atoms with Crippen molar-refractivity contribution in [2.45, 2.75) is 0 Å². The highest BCUT2D eigenvalue weighted by molar-refractivity contribution is 9.10. The van der Waals surface area contributed by atoms with E-state index in [9.17, 15) is 0 Å². The summed E-state index contributed by atoms with van der Waals surface area (Å²) in [6, 6.07) is 64.5. The Labute approximate surface area is 302 Å². The Balaban J connectivity index is 1.12. The maximum atomic E-state index is 3.74. The average Bonchev–Trinajstić information content (AvgIpc) is 3.70. The highest BCUT2D eigenvalue weighted by Crippen LogP contribution is 2.41. The minimum Gasteiger partial charge on any atom is -0.309 e. The lowest BCUT2D eigenvalue weighted by molar-refractivity contribution is 1.18. The molecule has 9 aromatic carbocycles. The van der Waals surface area contributed by atoms with Crippen LogP contribution in [0.5, 0.6) is 0 Å². The topological polar surface area (TPSA) is 9.86 Å². The predicted octanol–water partition coefficient (Wildman–Crippen LogP) is 13.8. The van der Waals surface area contributed by atoms with Crippen molar-refractivity contribution in [2.75, 3.05) is 0 Å². The molecular weight excluding hydrogens is 684 g/mol. The van der Waals surface area contributed by atoms with Crippen LogP contribution in [0.4, 0.5) is 0 Å². The van der Waals surface area contributed by atoms with Gasteiger partial charge in [0.05, 0.1) is 22.1 Å². The van der Waals surface area contributed by atoms with Crippen LogP contribution in [0, 0.1) is 0 Å². The van der Waals surface area contributed by atoms with Crippen molar-refractivity contribution in [3.05, 3.63) is 180 Å². The number of benzene rings is 9. The molecule has 0 fully saturated rings. The maximum absolute atomic E-state index is 3.74. The first-order chi connectivity index (χ1) is 25.2. The molecule has 51 heavy (non-hydrogen) atoms. The van der Waals surface area contributed by atoms with Crippen LogP contribution in [0.15, 0.2) is 180 Å². The van der Waals surface area contributed by atoms with E-state index in [4.69, 9.17) is 0 Å². The van der Waals surface area contributed by atoms with E-state index >= 15 is 0 Å². The highest BCUT2D eigenvalue weighted by atomic mass is 79.9. The van der Waals surface area contributed by atoms with Crippen molar-refractivity contribution >= 4 is 91.9 Å². The molecule has 0 bridgehead atoms. The summed E-state index contributed by atoms with van der Waals surface area (Å²) >= 11 is 3.74. The monoisotopic (exact) mass is 712 g/mol. The van der Waals surface area contributed by atoms with E-state index in [-0.39, 0.29) is 0 Å². The van der Waals surface area contributed by atoms with Crippen molar-refractivity contribution in [3.8, 4) is 22.5 Å². The van der Waals surface area contributed by atoms with E-state index in [0.717, 1.165) is 10.2 Å². The lowest BCUT2D eigenvalue weighted by Crippen LogP contribution is -1.94. The molecule has 0 aliphatic carbocycles. The fourth-order valence-corrected chi connectivity index (χ4v) is 8.86. The summed E-state index contributed by atoms with van der Waals surface area (Å²) < 4.78 is 5.89. The van der Waals surface area contributed by atoms with Crippen LogP contribution in [-0.4, -0.2) is 9.13 Å². The molecule has 0 N–H and O–H groups in total. The first-order valence-electron chi connectivity index (χ1n) is 17.4. The number of aromatic nitrogens is 2. The second kappa shape index (κ2) is 10.9. The molecule has 238 valence electrons. The standard InChI is InChI=1S/C48H29BrN2/c49-32-20-25-48-44(28-32)43-27-31(19-24-47(43)50(48)33-10-2-1-3-11-33)30-18-23-46-42(26-30)40-16-8-9-17-45(40)51(46)34-21-22-39-37-14-5-4-12-35(37)36-13-6-7-15-38(36)41(39)29-34/h1-29H. The summed E-state index contributed by atoms with van der Waals surface area (Å²) in [5, 5.41) is 12.7. The van der Waals surface area contributed by atoms with Gasteiger partial charge in [0.25, 0.3) is 0 Å². The molecule has 0 amide bonds. The lowest BCUT2D eigenvalue weighted by Gasteiger charge is -2.14. The van der Waals surface area contributed by atoms with Gasteiger partial charge in [-0.2, -0.15) is 0 Å². The number of para-hydroxylation sites is 2. The Morgan fingerprint density at radius 2 is 0.725 bits per heavy atom. The van der Waals surface area contributed by atoms with E-state index in [1.807, 2.05) is 0 Å². The van der Waals surface area contributed by atoms with E-state index in [1.165, 1.54) is 92.7 Å². The van der Waals surface area contributed by atoms with Gasteiger partial charge in [-0.05, 0) is 116 Å². The van der Waals surface area contributed by atoms with Gasteiger partial charge < -0.3 is 9.13 Å². The van der Waals surface area contributed by atoms with E-state index in [2.05, 4.69) is 201 Å². The Kier molecular flexibility index (Phi) is 6.14. The van der Waals surface area contributed by atoms with Crippen molar-refractivity contribution in [2.24, 2.45) is 0 Å². The molecular formula is C48H29BrN2. The fourth-order valence-electron chi connectivity index (χ4n) is 8.50. The molecule has 0 unspecified atom stereocenters. The van der Waals surface area contributed by atoms with Crippen molar-refractivity contribution < 1.29 is 0 Å². The normalized spacial score (nSPS) is 12.0. The molecule has 11 aromatic rings. The van der Waals surface area contributed by atoms with Crippen LogP contribution in [0.25, 0.3) is 98.4 Å². The van der Waals surface area contributed by atoms with Crippen LogP contribution in [0.3, 0.4) is 0 Å². The molecule has 0 spiro atoms. The van der Waals surface area contributed by atoms with Gasteiger partial charge >= 0.3 is 0 Å². The Bertz CT molecular complexity index is 3170. The predicted molar refractivity (Wildman–Crippen MR) is 221 cm³/mol. The summed E-state index contributed by atoms with van der Waals surface area (Å²) in [6.07, 6.45) is 0. The van der Waals surface area contributed by atoms with Crippen molar-refractivity contribution in [1.82, 2.24) is 9.13 Å². The Morgan fingerprint density at radius 3 is 1.37 bits per heavy atom. The summed E-state index contributed by atoms with van der Waals surface area (Å²) in [4.78, 5) is 0. The summed E-state index contributed by atoms with van der Waals surface area (Å²) in [5.74, 6) is 0. The van der Waals surface area contributed by atoms with Crippen LogP contribution >= 0.6 is 15.9 Å². The Hall–Kier alpha value is -6.16. The number of hydrogen-bond acceptors (Lipinski definition) is 0. The van der Waals surface area contributed by atoms with Gasteiger partial charge in [0, 0.05) is 37.4 Å². The average molecular weight is 714 g/mol. The van der Waals surface area contributed by atoms with Gasteiger partial charge in [-0.25, -0.2) is 0 Å². The second-order valence-electron chi connectivity index (χ2n) is 13.5. The van der Waals surface area contributed by atoms with Gasteiger partial charge in [0.2, 0.25) is 0 Å². The molecule has 0 aliphatic rings. The van der Waals surface area contributed by atoms with Gasteiger partial charge in [0.15, 0.2) is 0 Å². The minimum atomic E-state index is 1.08. The highest BCUT2D eigenvalue weighted by Gasteiger charge is 2.17. The molecule has 2 nitrogen and oxygen atoms in total. The van der Waals surface area contributed by atoms with Gasteiger partial charge in [-0.1, -0.05) is 119 Å². The van der Waals surface area contributed by atoms with Crippen LogP contribution < -0.4 is 0 Å².